The number of aromatic nitrogens is 5. The molecule has 0 fully saturated rings. The molecule has 1 aromatic carbocycles. The summed E-state index contributed by atoms with van der Waals surface area (Å²) in [7, 11) is 1.50. The Hall–Kier alpha value is -3.41. The van der Waals surface area contributed by atoms with Gasteiger partial charge in [-0.2, -0.15) is 23.4 Å². The van der Waals surface area contributed by atoms with Gasteiger partial charge >= 0.3 is 6.18 Å². The lowest BCUT2D eigenvalue weighted by Crippen LogP contribution is -2.26. The summed E-state index contributed by atoms with van der Waals surface area (Å²) in [5, 5.41) is 10.6. The number of amides is 1. The third kappa shape index (κ3) is 5.16. The molecule has 4 rings (SSSR count). The van der Waals surface area contributed by atoms with Crippen LogP contribution in [0.4, 0.5) is 13.2 Å². The topological polar surface area (TPSA) is 86.3 Å². The second kappa shape index (κ2) is 9.22. The Balaban J connectivity index is 1.56. The molecule has 0 unspecified atom stereocenters. The number of ether oxygens (including phenoxy) is 1. The molecule has 3 aromatic heterocycles. The van der Waals surface area contributed by atoms with Gasteiger partial charge in [-0.15, -0.1) is 0 Å². The number of rotatable bonds is 7. The lowest BCUT2D eigenvalue weighted by atomic mass is 10.1. The Bertz CT molecular complexity index is 1280. The summed E-state index contributed by atoms with van der Waals surface area (Å²) < 4.78 is 49.5. The van der Waals surface area contributed by atoms with E-state index in [-0.39, 0.29) is 17.0 Å². The second-order valence-corrected chi connectivity index (χ2v) is 8.00. The molecule has 0 bridgehead atoms. The summed E-state index contributed by atoms with van der Waals surface area (Å²) in [6, 6.07) is 8.63. The molecule has 8 nitrogen and oxygen atoms in total. The molecule has 172 valence electrons. The van der Waals surface area contributed by atoms with Gasteiger partial charge < -0.3 is 10.1 Å². The summed E-state index contributed by atoms with van der Waals surface area (Å²) in [6.45, 7) is 0.878. The summed E-state index contributed by atoms with van der Waals surface area (Å²) >= 11 is 3.30. The Labute approximate surface area is 194 Å². The van der Waals surface area contributed by atoms with Crippen molar-refractivity contribution in [1.29, 1.82) is 0 Å². The van der Waals surface area contributed by atoms with E-state index >= 15 is 0 Å². The number of alkyl halides is 3. The third-order valence-corrected chi connectivity index (χ3v) is 5.20. The Kier molecular flexibility index (Phi) is 6.36. The smallest absolute Gasteiger partial charge is 0.433 e. The van der Waals surface area contributed by atoms with E-state index in [0.717, 1.165) is 10.5 Å². The predicted octanol–water partition coefficient (Wildman–Crippen LogP) is 4.20. The fraction of sp³-hybridized carbons (Fsp3) is 0.238. The van der Waals surface area contributed by atoms with E-state index in [4.69, 9.17) is 4.74 Å². The number of fused-ring (bicyclic) bond motifs is 1. The van der Waals surface area contributed by atoms with Gasteiger partial charge in [0, 0.05) is 30.9 Å². The van der Waals surface area contributed by atoms with Crippen LogP contribution < -0.4 is 10.1 Å². The quantitative estimate of drug-likeness (QED) is 0.367. The van der Waals surface area contributed by atoms with E-state index in [9.17, 15) is 18.0 Å². The molecule has 0 atom stereocenters. The molecule has 0 saturated heterocycles. The first kappa shape index (κ1) is 22.8. The molecule has 33 heavy (non-hydrogen) atoms. The molecule has 0 saturated carbocycles. The molecule has 0 spiro atoms. The minimum atomic E-state index is -4.69. The highest BCUT2D eigenvalue weighted by Crippen LogP contribution is 2.32. The molecule has 3 heterocycles. The first-order valence-corrected chi connectivity index (χ1v) is 10.6. The highest BCUT2D eigenvalue weighted by atomic mass is 79.9. The van der Waals surface area contributed by atoms with Gasteiger partial charge in [0.25, 0.3) is 5.91 Å². The standard InChI is InChI=1S/C21H18BrF3N6O2/c1-33-15-5-3-13(4-6-15)16-9-18(21(23,24)25)31-19(28-16)10-17(29-31)20(32)26-7-2-8-30-12-14(22)11-27-30/h3-6,9-12H,2,7-8H2,1H3,(H,26,32). The van der Waals surface area contributed by atoms with Crippen LogP contribution in [0.2, 0.25) is 0 Å². The number of halogens is 4. The van der Waals surface area contributed by atoms with E-state index in [2.05, 4.69) is 36.4 Å². The largest absolute Gasteiger partial charge is 0.497 e. The van der Waals surface area contributed by atoms with E-state index in [0.29, 0.717) is 35.3 Å². The Morgan fingerprint density at radius 1 is 1.21 bits per heavy atom. The van der Waals surface area contributed by atoms with Crippen LogP contribution in [0.5, 0.6) is 5.75 Å². The van der Waals surface area contributed by atoms with Crippen LogP contribution in [0.25, 0.3) is 16.9 Å². The number of aryl methyl sites for hydroxylation is 1. The van der Waals surface area contributed by atoms with Gasteiger partial charge in [-0.3, -0.25) is 9.48 Å². The Morgan fingerprint density at radius 2 is 1.97 bits per heavy atom. The lowest BCUT2D eigenvalue weighted by molar-refractivity contribution is -0.142. The zero-order valence-corrected chi connectivity index (χ0v) is 18.9. The van der Waals surface area contributed by atoms with Crippen molar-refractivity contribution in [2.75, 3.05) is 13.7 Å². The average molecular weight is 523 g/mol. The SMILES string of the molecule is COc1ccc(-c2cc(C(F)(F)F)n3nc(C(=O)NCCCn4cc(Br)cn4)cc3n2)cc1. The van der Waals surface area contributed by atoms with Gasteiger partial charge in [0.2, 0.25) is 0 Å². The number of carbonyl (C=O) groups is 1. The second-order valence-electron chi connectivity index (χ2n) is 7.08. The summed E-state index contributed by atoms with van der Waals surface area (Å²) in [4.78, 5) is 16.8. The number of nitrogens with one attached hydrogen (secondary N) is 1. The van der Waals surface area contributed by atoms with Crippen LogP contribution in [-0.4, -0.2) is 43.9 Å². The lowest BCUT2D eigenvalue weighted by Gasteiger charge is -2.11. The highest BCUT2D eigenvalue weighted by Gasteiger charge is 2.35. The maximum Gasteiger partial charge on any atom is 0.433 e. The summed E-state index contributed by atoms with van der Waals surface area (Å²) in [6.07, 6.45) is -0.656. The van der Waals surface area contributed by atoms with Crippen LogP contribution in [0.1, 0.15) is 22.6 Å². The van der Waals surface area contributed by atoms with Crippen molar-refractivity contribution in [1.82, 2.24) is 29.7 Å². The first-order chi connectivity index (χ1) is 15.7. The van der Waals surface area contributed by atoms with Gasteiger partial charge in [-0.25, -0.2) is 9.50 Å². The normalized spacial score (nSPS) is 11.7. The zero-order chi connectivity index (χ0) is 23.6. The minimum absolute atomic E-state index is 0.0813. The molecule has 4 aromatic rings. The number of carbonyl (C=O) groups excluding carboxylic acids is 1. The van der Waals surface area contributed by atoms with Gasteiger partial charge in [0.05, 0.1) is 23.5 Å². The van der Waals surface area contributed by atoms with Crippen molar-refractivity contribution < 1.29 is 22.7 Å². The fourth-order valence-corrected chi connectivity index (χ4v) is 3.52. The third-order valence-electron chi connectivity index (χ3n) is 4.79. The number of hydrogen-bond donors (Lipinski definition) is 1. The summed E-state index contributed by atoms with van der Waals surface area (Å²) in [5.41, 5.74) is -0.679. The van der Waals surface area contributed by atoms with Gasteiger partial charge in [0.15, 0.2) is 17.0 Å². The molecule has 12 heteroatoms. The molecule has 0 aliphatic heterocycles. The number of hydrogen-bond acceptors (Lipinski definition) is 5. The van der Waals surface area contributed by atoms with Crippen molar-refractivity contribution in [2.24, 2.45) is 0 Å². The van der Waals surface area contributed by atoms with Gasteiger partial charge in [-0.1, -0.05) is 0 Å². The average Bonchev–Trinajstić information content (AvgIpc) is 3.41. The van der Waals surface area contributed by atoms with Crippen molar-refractivity contribution >= 4 is 27.5 Å². The van der Waals surface area contributed by atoms with Crippen LogP contribution in [0, 0.1) is 0 Å². The van der Waals surface area contributed by atoms with Crippen molar-refractivity contribution in [3.63, 3.8) is 0 Å². The molecule has 1 N–H and O–H groups in total. The van der Waals surface area contributed by atoms with Crippen molar-refractivity contribution in [3.05, 3.63) is 64.7 Å². The van der Waals surface area contributed by atoms with Crippen LogP contribution >= 0.6 is 15.9 Å². The monoisotopic (exact) mass is 522 g/mol. The van der Waals surface area contributed by atoms with Crippen molar-refractivity contribution in [3.8, 4) is 17.0 Å². The fourth-order valence-electron chi connectivity index (χ4n) is 3.19. The zero-order valence-electron chi connectivity index (χ0n) is 17.3. The predicted molar refractivity (Wildman–Crippen MR) is 117 cm³/mol. The first-order valence-electron chi connectivity index (χ1n) is 9.83. The number of methoxy groups -OCH3 is 1. The van der Waals surface area contributed by atoms with Crippen LogP contribution in [-0.2, 0) is 12.7 Å². The maximum atomic E-state index is 13.7. The Morgan fingerprint density at radius 3 is 2.61 bits per heavy atom. The van der Waals surface area contributed by atoms with Crippen molar-refractivity contribution in [2.45, 2.75) is 19.1 Å². The van der Waals surface area contributed by atoms with E-state index in [1.165, 1.54) is 13.2 Å². The van der Waals surface area contributed by atoms with E-state index < -0.39 is 17.8 Å². The van der Waals surface area contributed by atoms with Gasteiger partial charge in [-0.05, 0) is 52.7 Å². The van der Waals surface area contributed by atoms with Gasteiger partial charge in [0.1, 0.15) is 5.75 Å². The minimum Gasteiger partial charge on any atom is -0.497 e. The number of benzene rings is 1. The molecular weight excluding hydrogens is 505 g/mol. The molecular formula is C21H18BrF3N6O2. The maximum absolute atomic E-state index is 13.7. The molecule has 0 radical (unpaired) electrons. The molecule has 0 aliphatic carbocycles. The number of nitrogens with zero attached hydrogens (tertiary/aromatic N) is 5. The van der Waals surface area contributed by atoms with Crippen LogP contribution in [0.15, 0.2) is 53.3 Å². The molecule has 0 aliphatic rings. The molecule has 1 amide bonds. The van der Waals surface area contributed by atoms with E-state index in [1.807, 2.05) is 0 Å². The summed E-state index contributed by atoms with van der Waals surface area (Å²) in [5.74, 6) is -0.0133. The van der Waals surface area contributed by atoms with E-state index in [1.54, 1.807) is 41.3 Å². The highest BCUT2D eigenvalue weighted by molar-refractivity contribution is 9.10. The van der Waals surface area contributed by atoms with Crippen LogP contribution in [0.3, 0.4) is 0 Å².